The Bertz CT molecular complexity index is 518. The van der Waals surface area contributed by atoms with Gasteiger partial charge >= 0.3 is 5.97 Å². The van der Waals surface area contributed by atoms with Crippen molar-refractivity contribution >= 4 is 11.9 Å². The molecular formula is C16H21NO3. The third-order valence-corrected chi connectivity index (χ3v) is 4.10. The van der Waals surface area contributed by atoms with Gasteiger partial charge in [0.15, 0.2) is 0 Å². The molecule has 1 aromatic carbocycles. The van der Waals surface area contributed by atoms with Crippen molar-refractivity contribution in [3.63, 3.8) is 0 Å². The van der Waals surface area contributed by atoms with Crippen LogP contribution < -0.4 is 0 Å². The number of carbonyl (C=O) groups is 2. The number of nitrogens with zero attached hydrogens (tertiary/aromatic N) is 1. The van der Waals surface area contributed by atoms with Crippen molar-refractivity contribution in [2.24, 2.45) is 11.8 Å². The standard InChI is InChI=1S/C16H21NO3/c1-10-6-5-7-11(2)14(10)15(18)17-8-12(3)13(9-17)16(19)20-4/h5-7,12-13H,8-9H2,1-4H3. The number of aryl methyl sites for hydroxylation is 2. The van der Waals surface area contributed by atoms with Crippen molar-refractivity contribution in [1.29, 1.82) is 0 Å². The number of ether oxygens (including phenoxy) is 1. The Morgan fingerprint density at radius 2 is 1.80 bits per heavy atom. The summed E-state index contributed by atoms with van der Waals surface area (Å²) in [6.07, 6.45) is 0. The monoisotopic (exact) mass is 275 g/mol. The Labute approximate surface area is 119 Å². The molecule has 2 atom stereocenters. The van der Waals surface area contributed by atoms with Gasteiger partial charge in [0.05, 0.1) is 13.0 Å². The minimum Gasteiger partial charge on any atom is -0.469 e. The first-order valence-corrected chi connectivity index (χ1v) is 6.89. The van der Waals surface area contributed by atoms with Gasteiger partial charge in [-0.05, 0) is 30.9 Å². The molecule has 0 aliphatic carbocycles. The molecule has 1 amide bonds. The molecule has 20 heavy (non-hydrogen) atoms. The molecule has 0 radical (unpaired) electrons. The summed E-state index contributed by atoms with van der Waals surface area (Å²) in [4.78, 5) is 26.1. The summed E-state index contributed by atoms with van der Waals surface area (Å²) >= 11 is 0. The van der Waals surface area contributed by atoms with Gasteiger partial charge in [0.1, 0.15) is 0 Å². The van der Waals surface area contributed by atoms with Gasteiger partial charge in [-0.3, -0.25) is 9.59 Å². The fourth-order valence-electron chi connectivity index (χ4n) is 2.90. The molecule has 1 aliphatic rings. The number of likely N-dealkylation sites (tertiary alicyclic amines) is 1. The number of esters is 1. The highest BCUT2D eigenvalue weighted by molar-refractivity contribution is 5.97. The van der Waals surface area contributed by atoms with Crippen LogP contribution in [0.15, 0.2) is 18.2 Å². The summed E-state index contributed by atoms with van der Waals surface area (Å²) in [7, 11) is 1.39. The molecule has 2 rings (SSSR count). The number of hydrogen-bond acceptors (Lipinski definition) is 3. The lowest BCUT2D eigenvalue weighted by molar-refractivity contribution is -0.146. The first-order valence-electron chi connectivity index (χ1n) is 6.89. The van der Waals surface area contributed by atoms with Crippen LogP contribution in [0.25, 0.3) is 0 Å². The van der Waals surface area contributed by atoms with Gasteiger partial charge in [-0.15, -0.1) is 0 Å². The molecule has 1 heterocycles. The maximum Gasteiger partial charge on any atom is 0.310 e. The molecule has 1 aromatic rings. The second kappa shape index (κ2) is 5.65. The van der Waals surface area contributed by atoms with Crippen LogP contribution in [0.3, 0.4) is 0 Å². The first kappa shape index (κ1) is 14.6. The lowest BCUT2D eigenvalue weighted by atomic mass is 9.99. The van der Waals surface area contributed by atoms with Crippen LogP contribution in [-0.4, -0.2) is 37.0 Å². The van der Waals surface area contributed by atoms with Gasteiger partial charge < -0.3 is 9.64 Å². The summed E-state index contributed by atoms with van der Waals surface area (Å²) in [6, 6.07) is 5.83. The van der Waals surface area contributed by atoms with E-state index in [9.17, 15) is 9.59 Å². The van der Waals surface area contributed by atoms with Crippen LogP contribution in [0.1, 0.15) is 28.4 Å². The van der Waals surface area contributed by atoms with Gasteiger partial charge in [0.25, 0.3) is 5.91 Å². The fourth-order valence-corrected chi connectivity index (χ4v) is 2.90. The fraction of sp³-hybridized carbons (Fsp3) is 0.500. The zero-order valence-electron chi connectivity index (χ0n) is 12.5. The van der Waals surface area contributed by atoms with Gasteiger partial charge in [-0.25, -0.2) is 0 Å². The van der Waals surface area contributed by atoms with Crippen LogP contribution in [0.2, 0.25) is 0 Å². The molecule has 0 N–H and O–H groups in total. The largest absolute Gasteiger partial charge is 0.469 e. The van der Waals surface area contributed by atoms with Crippen molar-refractivity contribution in [3.8, 4) is 0 Å². The van der Waals surface area contributed by atoms with Crippen LogP contribution in [0.4, 0.5) is 0 Å². The maximum absolute atomic E-state index is 12.7. The van der Waals surface area contributed by atoms with Crippen molar-refractivity contribution in [2.75, 3.05) is 20.2 Å². The Balaban J connectivity index is 2.22. The van der Waals surface area contributed by atoms with E-state index < -0.39 is 0 Å². The zero-order chi connectivity index (χ0) is 14.9. The van der Waals surface area contributed by atoms with Crippen LogP contribution in [-0.2, 0) is 9.53 Å². The van der Waals surface area contributed by atoms with E-state index in [-0.39, 0.29) is 23.7 Å². The van der Waals surface area contributed by atoms with E-state index in [1.807, 2.05) is 39.0 Å². The molecule has 1 aliphatic heterocycles. The number of amides is 1. The number of hydrogen-bond donors (Lipinski definition) is 0. The SMILES string of the molecule is COC(=O)C1CN(C(=O)c2c(C)cccc2C)CC1C. The van der Waals surface area contributed by atoms with Gasteiger partial charge in [-0.2, -0.15) is 0 Å². The van der Waals surface area contributed by atoms with Crippen LogP contribution in [0, 0.1) is 25.7 Å². The van der Waals surface area contributed by atoms with Crippen molar-refractivity contribution in [2.45, 2.75) is 20.8 Å². The number of benzene rings is 1. The van der Waals surface area contributed by atoms with E-state index in [2.05, 4.69) is 0 Å². The summed E-state index contributed by atoms with van der Waals surface area (Å²) in [6.45, 7) is 6.92. The highest BCUT2D eigenvalue weighted by atomic mass is 16.5. The predicted molar refractivity (Wildman–Crippen MR) is 76.5 cm³/mol. The van der Waals surface area contributed by atoms with Gasteiger partial charge in [0.2, 0.25) is 0 Å². The normalized spacial score (nSPS) is 21.9. The number of rotatable bonds is 2. The van der Waals surface area contributed by atoms with E-state index in [1.54, 1.807) is 4.90 Å². The molecule has 1 saturated heterocycles. The molecule has 4 nitrogen and oxygen atoms in total. The average molecular weight is 275 g/mol. The molecule has 0 saturated carbocycles. The molecule has 2 unspecified atom stereocenters. The predicted octanol–water partition coefficient (Wildman–Crippen LogP) is 2.18. The minimum absolute atomic E-state index is 0.0128. The van der Waals surface area contributed by atoms with Crippen LogP contribution >= 0.6 is 0 Å². The Kier molecular flexibility index (Phi) is 4.12. The van der Waals surface area contributed by atoms with Gasteiger partial charge in [-0.1, -0.05) is 25.1 Å². The summed E-state index contributed by atoms with van der Waals surface area (Å²) in [5.74, 6) is -0.294. The Morgan fingerprint density at radius 3 is 2.35 bits per heavy atom. The van der Waals surface area contributed by atoms with Crippen molar-refractivity contribution in [3.05, 3.63) is 34.9 Å². The summed E-state index contributed by atoms with van der Waals surface area (Å²) < 4.78 is 4.81. The summed E-state index contributed by atoms with van der Waals surface area (Å²) in [5.41, 5.74) is 2.71. The van der Waals surface area contributed by atoms with Gasteiger partial charge in [0, 0.05) is 18.7 Å². The Hall–Kier alpha value is -1.84. The van der Waals surface area contributed by atoms with E-state index >= 15 is 0 Å². The summed E-state index contributed by atoms with van der Waals surface area (Å²) in [5, 5.41) is 0. The topological polar surface area (TPSA) is 46.6 Å². The molecule has 0 bridgehead atoms. The first-order chi connectivity index (χ1) is 9.45. The maximum atomic E-state index is 12.7. The van der Waals surface area contributed by atoms with E-state index in [4.69, 9.17) is 4.74 Å². The van der Waals surface area contributed by atoms with Crippen molar-refractivity contribution < 1.29 is 14.3 Å². The van der Waals surface area contributed by atoms with E-state index in [1.165, 1.54) is 7.11 Å². The zero-order valence-corrected chi connectivity index (χ0v) is 12.5. The lowest BCUT2D eigenvalue weighted by Gasteiger charge is -2.19. The molecule has 0 spiro atoms. The second-order valence-electron chi connectivity index (χ2n) is 5.58. The molecule has 4 heteroatoms. The lowest BCUT2D eigenvalue weighted by Crippen LogP contribution is -2.31. The number of carbonyl (C=O) groups excluding carboxylic acids is 2. The van der Waals surface area contributed by atoms with E-state index in [0.717, 1.165) is 16.7 Å². The smallest absolute Gasteiger partial charge is 0.310 e. The minimum atomic E-state index is -0.227. The highest BCUT2D eigenvalue weighted by Crippen LogP contribution is 2.27. The second-order valence-corrected chi connectivity index (χ2v) is 5.58. The van der Waals surface area contributed by atoms with Crippen LogP contribution in [0.5, 0.6) is 0 Å². The quantitative estimate of drug-likeness (QED) is 0.777. The number of methoxy groups -OCH3 is 1. The average Bonchev–Trinajstić information content (AvgIpc) is 2.79. The highest BCUT2D eigenvalue weighted by Gasteiger charge is 2.38. The van der Waals surface area contributed by atoms with Crippen molar-refractivity contribution in [1.82, 2.24) is 4.90 Å². The molecular weight excluding hydrogens is 254 g/mol. The molecule has 1 fully saturated rings. The van der Waals surface area contributed by atoms with E-state index in [0.29, 0.717) is 13.1 Å². The molecule has 0 aromatic heterocycles. The third-order valence-electron chi connectivity index (χ3n) is 4.10. The Morgan fingerprint density at radius 1 is 1.20 bits per heavy atom. The molecule has 108 valence electrons. The third kappa shape index (κ3) is 2.55.